The number of hydrogen-bond acceptors (Lipinski definition) is 5. The quantitative estimate of drug-likeness (QED) is 0.473. The summed E-state index contributed by atoms with van der Waals surface area (Å²) in [6.07, 6.45) is 8.44. The van der Waals surface area contributed by atoms with Gasteiger partial charge >= 0.3 is 0 Å². The van der Waals surface area contributed by atoms with Crippen molar-refractivity contribution >= 4 is 51.6 Å². The number of benzene rings is 3. The summed E-state index contributed by atoms with van der Waals surface area (Å²) in [5.74, 6) is -1.71. The van der Waals surface area contributed by atoms with Crippen LogP contribution in [0.3, 0.4) is 0 Å². The van der Waals surface area contributed by atoms with E-state index in [4.69, 9.17) is 0 Å². The van der Waals surface area contributed by atoms with Gasteiger partial charge < -0.3 is 19.8 Å². The second kappa shape index (κ2) is 10.2. The molecule has 2 fully saturated rings. The van der Waals surface area contributed by atoms with E-state index >= 15 is 0 Å². The summed E-state index contributed by atoms with van der Waals surface area (Å²) < 4.78 is -0.885. The Morgan fingerprint density at radius 3 is 2.34 bits per heavy atom. The van der Waals surface area contributed by atoms with E-state index in [-0.39, 0.29) is 36.1 Å². The highest BCUT2D eigenvalue weighted by Crippen LogP contribution is 2.61. The molecule has 5 atom stereocenters. The molecule has 1 N–H and O–H groups in total. The van der Waals surface area contributed by atoms with Crippen LogP contribution in [-0.4, -0.2) is 70.0 Å². The number of nitrogens with zero attached hydrogens (tertiary/aromatic N) is 3. The first kappa shape index (κ1) is 26.0. The van der Waals surface area contributed by atoms with Gasteiger partial charge in [-0.15, -0.1) is 11.8 Å². The van der Waals surface area contributed by atoms with Crippen molar-refractivity contribution in [3.8, 4) is 0 Å². The minimum absolute atomic E-state index is 0.0881. The molecule has 1 spiro atoms. The largest absolute Gasteiger partial charge is 0.396 e. The second-order valence-electron chi connectivity index (χ2n) is 11.0. The Hall–Kier alpha value is -3.88. The molecule has 7 rings (SSSR count). The summed E-state index contributed by atoms with van der Waals surface area (Å²) >= 11 is 1.58. The van der Waals surface area contributed by atoms with Gasteiger partial charge in [-0.25, -0.2) is 0 Å². The first-order valence-corrected chi connectivity index (χ1v) is 15.0. The highest BCUT2D eigenvalue weighted by Gasteiger charge is 2.71. The van der Waals surface area contributed by atoms with Crippen molar-refractivity contribution in [1.29, 1.82) is 0 Å². The van der Waals surface area contributed by atoms with E-state index in [9.17, 15) is 19.5 Å². The molecule has 3 amide bonds. The van der Waals surface area contributed by atoms with Crippen molar-refractivity contribution in [3.05, 3.63) is 97.1 Å². The molecule has 41 heavy (non-hydrogen) atoms. The number of carbonyl (C=O) groups excluding carboxylic acids is 3. The van der Waals surface area contributed by atoms with E-state index in [0.717, 1.165) is 22.1 Å². The van der Waals surface area contributed by atoms with Gasteiger partial charge in [-0.2, -0.15) is 0 Å². The Labute approximate surface area is 243 Å². The van der Waals surface area contributed by atoms with Crippen LogP contribution in [0, 0.1) is 11.8 Å². The molecule has 0 bridgehead atoms. The lowest BCUT2D eigenvalue weighted by atomic mass is 9.78. The number of thioether (sulfide) groups is 1. The molecular formula is C33H31N3O4S. The topological polar surface area (TPSA) is 81.2 Å². The van der Waals surface area contributed by atoms with Gasteiger partial charge in [0.05, 0.1) is 16.6 Å². The molecule has 8 heteroatoms. The third kappa shape index (κ3) is 4.03. The van der Waals surface area contributed by atoms with E-state index in [1.165, 1.54) is 0 Å². The van der Waals surface area contributed by atoms with Crippen LogP contribution < -0.4 is 9.80 Å². The fraction of sp³-hybridized carbons (Fsp3) is 0.303. The summed E-state index contributed by atoms with van der Waals surface area (Å²) in [4.78, 5) is 48.3. The third-order valence-corrected chi connectivity index (χ3v) is 10.6. The number of rotatable bonds is 5. The van der Waals surface area contributed by atoms with Gasteiger partial charge in [0, 0.05) is 42.9 Å². The fourth-order valence-corrected chi connectivity index (χ4v) is 9.04. The number of hydrogen-bond donors (Lipinski definition) is 1. The van der Waals surface area contributed by atoms with Gasteiger partial charge in [0.25, 0.3) is 5.91 Å². The van der Waals surface area contributed by atoms with Gasteiger partial charge in [0.2, 0.25) is 11.8 Å². The minimum atomic E-state index is -0.885. The maximum absolute atomic E-state index is 14.6. The Balaban J connectivity index is 1.31. The highest BCUT2D eigenvalue weighted by molar-refractivity contribution is 8.02. The second-order valence-corrected chi connectivity index (χ2v) is 12.5. The van der Waals surface area contributed by atoms with Gasteiger partial charge in [-0.1, -0.05) is 72.8 Å². The molecular weight excluding hydrogens is 534 g/mol. The van der Waals surface area contributed by atoms with Crippen LogP contribution in [-0.2, 0) is 14.4 Å². The van der Waals surface area contributed by atoms with Gasteiger partial charge in [0.1, 0.15) is 6.04 Å². The van der Waals surface area contributed by atoms with E-state index in [0.29, 0.717) is 19.5 Å². The van der Waals surface area contributed by atoms with Crippen LogP contribution in [0.25, 0.3) is 10.8 Å². The molecule has 2 saturated heterocycles. The first-order valence-electron chi connectivity index (χ1n) is 14.1. The van der Waals surface area contributed by atoms with E-state index in [1.54, 1.807) is 26.5 Å². The molecule has 0 saturated carbocycles. The maximum Gasteiger partial charge on any atom is 0.251 e. The molecule has 4 aliphatic rings. The zero-order valence-electron chi connectivity index (χ0n) is 22.5. The van der Waals surface area contributed by atoms with Crippen molar-refractivity contribution in [3.63, 3.8) is 0 Å². The average molecular weight is 566 g/mol. The SMILES string of the molecule is O=C1C2N(CCCO)C(=O)[C@@H]3[C@@H]4C(=O)N(c5ccccc5)CC=C[C@@H]4S[C@]23C=CCN1c1ccc2ccccc2c1. The smallest absolute Gasteiger partial charge is 0.251 e. The minimum Gasteiger partial charge on any atom is -0.396 e. The predicted octanol–water partition coefficient (Wildman–Crippen LogP) is 4.03. The normalized spacial score (nSPS) is 29.0. The average Bonchev–Trinajstić information content (AvgIpc) is 3.30. The molecule has 7 nitrogen and oxygen atoms in total. The number of anilines is 2. The number of fused-ring (bicyclic) bond motifs is 3. The van der Waals surface area contributed by atoms with Crippen LogP contribution in [0.15, 0.2) is 97.1 Å². The van der Waals surface area contributed by atoms with Crippen molar-refractivity contribution < 1.29 is 19.5 Å². The number of likely N-dealkylation sites (tertiary alicyclic amines) is 1. The predicted molar refractivity (Wildman–Crippen MR) is 162 cm³/mol. The molecule has 0 aromatic heterocycles. The summed E-state index contributed by atoms with van der Waals surface area (Å²) in [5.41, 5.74) is 1.57. The lowest BCUT2D eigenvalue weighted by molar-refractivity contribution is -0.138. The van der Waals surface area contributed by atoms with Crippen LogP contribution in [0.5, 0.6) is 0 Å². The number of amides is 3. The summed E-state index contributed by atoms with van der Waals surface area (Å²) in [6, 6.07) is 22.8. The van der Waals surface area contributed by atoms with E-state index in [1.807, 2.05) is 91.0 Å². The zero-order valence-corrected chi connectivity index (χ0v) is 23.3. The fourth-order valence-electron chi connectivity index (χ4n) is 7.03. The van der Waals surface area contributed by atoms with Gasteiger partial charge in [0.15, 0.2) is 0 Å². The van der Waals surface area contributed by atoms with Crippen LogP contribution in [0.1, 0.15) is 6.42 Å². The molecule has 208 valence electrons. The summed E-state index contributed by atoms with van der Waals surface area (Å²) in [7, 11) is 0. The van der Waals surface area contributed by atoms with Crippen molar-refractivity contribution in [2.75, 3.05) is 36.0 Å². The number of aliphatic hydroxyl groups excluding tert-OH is 1. The molecule has 1 unspecified atom stereocenters. The van der Waals surface area contributed by atoms with Crippen molar-refractivity contribution in [2.24, 2.45) is 11.8 Å². The van der Waals surface area contributed by atoms with E-state index < -0.39 is 22.6 Å². The highest BCUT2D eigenvalue weighted by atomic mass is 32.2. The first-order chi connectivity index (χ1) is 20.0. The summed E-state index contributed by atoms with van der Waals surface area (Å²) in [6.45, 7) is 0.982. The number of aliphatic hydroxyl groups is 1. The maximum atomic E-state index is 14.6. The Morgan fingerprint density at radius 2 is 1.54 bits per heavy atom. The molecule has 4 heterocycles. The third-order valence-electron chi connectivity index (χ3n) is 8.83. The van der Waals surface area contributed by atoms with Gasteiger partial charge in [-0.3, -0.25) is 14.4 Å². The zero-order chi connectivity index (χ0) is 28.1. The van der Waals surface area contributed by atoms with Crippen molar-refractivity contribution in [2.45, 2.75) is 22.5 Å². The lowest BCUT2D eigenvalue weighted by Gasteiger charge is -2.35. The van der Waals surface area contributed by atoms with Gasteiger partial charge in [-0.05, 0) is 41.5 Å². The molecule has 3 aromatic carbocycles. The summed E-state index contributed by atoms with van der Waals surface area (Å²) in [5, 5.41) is 11.6. The molecule has 0 aliphatic carbocycles. The van der Waals surface area contributed by atoms with Crippen LogP contribution >= 0.6 is 11.8 Å². The molecule has 3 aromatic rings. The van der Waals surface area contributed by atoms with Crippen LogP contribution in [0.2, 0.25) is 0 Å². The van der Waals surface area contributed by atoms with E-state index in [2.05, 4.69) is 6.08 Å². The Morgan fingerprint density at radius 1 is 0.805 bits per heavy atom. The standard InChI is InChI=1S/C33H31N3O4S/c37-20-8-19-36-29-32(40)35(25-15-14-22-9-4-5-10-23(22)21-25)18-7-16-33(29)28(31(36)39)27-26(41-33)13-6-17-34(30(27)38)24-11-2-1-3-12-24/h1-7,9-16,21,26-29,37H,8,17-20H2/t26-,27+,28-,29?,33-/m0/s1. The number of para-hydroxylation sites is 1. The Kier molecular flexibility index (Phi) is 6.47. The van der Waals surface area contributed by atoms with Crippen LogP contribution in [0.4, 0.5) is 11.4 Å². The monoisotopic (exact) mass is 565 g/mol. The molecule has 4 aliphatic heterocycles. The lowest BCUT2D eigenvalue weighted by Crippen LogP contribution is -2.53. The number of carbonyl (C=O) groups is 3. The Bertz CT molecular complexity index is 1590. The molecule has 0 radical (unpaired) electrons. The van der Waals surface area contributed by atoms with Crippen molar-refractivity contribution in [1.82, 2.24) is 4.90 Å².